The van der Waals surface area contributed by atoms with Gasteiger partial charge >= 0.3 is 5.97 Å². The number of hydrogen-bond acceptors (Lipinski definition) is 3. The van der Waals surface area contributed by atoms with E-state index in [-0.39, 0.29) is 11.9 Å². The Morgan fingerprint density at radius 3 is 2.71 bits per heavy atom. The molecule has 0 amide bonds. The number of halogens is 1. The number of aliphatic hydroxyl groups excluding tert-OH is 1. The molecule has 0 aromatic heterocycles. The predicted octanol–water partition coefficient (Wildman–Crippen LogP) is 2.99. The van der Waals surface area contributed by atoms with Gasteiger partial charge < -0.3 is 9.84 Å². The van der Waals surface area contributed by atoms with E-state index >= 15 is 0 Å². The Morgan fingerprint density at radius 2 is 2.18 bits per heavy atom. The largest absolute Gasteiger partial charge is 0.469 e. The summed E-state index contributed by atoms with van der Waals surface area (Å²) in [4.78, 5) is 11.3. The van der Waals surface area contributed by atoms with Crippen molar-refractivity contribution in [2.24, 2.45) is 5.92 Å². The van der Waals surface area contributed by atoms with Crippen LogP contribution < -0.4 is 0 Å². The van der Waals surface area contributed by atoms with Gasteiger partial charge in [0, 0.05) is 4.47 Å². The maximum atomic E-state index is 11.3. The van der Waals surface area contributed by atoms with Crippen LogP contribution in [0.5, 0.6) is 0 Å². The Hall–Kier alpha value is -0.870. The molecule has 2 atom stereocenters. The van der Waals surface area contributed by atoms with E-state index in [0.717, 1.165) is 15.6 Å². The fourth-order valence-electron chi connectivity index (χ4n) is 1.58. The molecule has 1 rings (SSSR count). The first-order valence-electron chi connectivity index (χ1n) is 5.47. The van der Waals surface area contributed by atoms with Crippen LogP contribution in [-0.4, -0.2) is 18.2 Å². The lowest BCUT2D eigenvalue weighted by Crippen LogP contribution is -2.16. The summed E-state index contributed by atoms with van der Waals surface area (Å²) in [5.74, 6) is -0.606. The molecule has 0 aliphatic heterocycles. The average Bonchev–Trinajstić information content (AvgIpc) is 2.31. The zero-order chi connectivity index (χ0) is 13.0. The van der Waals surface area contributed by atoms with Gasteiger partial charge in [-0.3, -0.25) is 4.79 Å². The number of benzene rings is 1. The first-order chi connectivity index (χ1) is 7.95. The summed E-state index contributed by atoms with van der Waals surface area (Å²) in [5, 5.41) is 10.0. The molecule has 17 heavy (non-hydrogen) atoms. The molecule has 0 aliphatic rings. The molecule has 1 aromatic carbocycles. The Balaban J connectivity index is 2.72. The Labute approximate surface area is 110 Å². The lowest BCUT2D eigenvalue weighted by Gasteiger charge is -2.15. The van der Waals surface area contributed by atoms with E-state index in [1.807, 2.05) is 25.1 Å². The third-order valence-corrected chi connectivity index (χ3v) is 3.62. The molecule has 0 radical (unpaired) electrons. The number of hydrogen-bond donors (Lipinski definition) is 1. The molecular formula is C13H17BrO3. The first kappa shape index (κ1) is 14.2. The molecule has 0 spiro atoms. The van der Waals surface area contributed by atoms with Gasteiger partial charge in [0.25, 0.3) is 0 Å². The molecule has 0 saturated carbocycles. The molecular weight excluding hydrogens is 284 g/mol. The van der Waals surface area contributed by atoms with E-state index in [4.69, 9.17) is 0 Å². The van der Waals surface area contributed by atoms with Crippen molar-refractivity contribution in [3.63, 3.8) is 0 Å². The molecule has 1 aromatic rings. The van der Waals surface area contributed by atoms with Crippen molar-refractivity contribution in [3.8, 4) is 0 Å². The number of ether oxygens (including phenoxy) is 1. The van der Waals surface area contributed by atoms with Crippen molar-refractivity contribution in [1.29, 1.82) is 0 Å². The van der Waals surface area contributed by atoms with Crippen LogP contribution >= 0.6 is 15.9 Å². The third kappa shape index (κ3) is 3.82. The highest BCUT2D eigenvalue weighted by Crippen LogP contribution is 2.26. The van der Waals surface area contributed by atoms with Crippen LogP contribution in [0.3, 0.4) is 0 Å². The van der Waals surface area contributed by atoms with Gasteiger partial charge in [-0.2, -0.15) is 0 Å². The second kappa shape index (κ2) is 6.17. The summed E-state index contributed by atoms with van der Waals surface area (Å²) in [6.45, 7) is 3.73. The van der Waals surface area contributed by atoms with Crippen LogP contribution in [0.4, 0.5) is 0 Å². The van der Waals surface area contributed by atoms with E-state index in [9.17, 15) is 9.90 Å². The SMILES string of the molecule is COC(=O)C(C)CC(O)c1ccc(C)c(Br)c1. The molecule has 0 saturated heterocycles. The van der Waals surface area contributed by atoms with Gasteiger partial charge in [0.2, 0.25) is 0 Å². The van der Waals surface area contributed by atoms with Crippen molar-refractivity contribution in [1.82, 2.24) is 0 Å². The van der Waals surface area contributed by atoms with Gasteiger partial charge in [0.15, 0.2) is 0 Å². The standard InChI is InChI=1S/C13H17BrO3/c1-8-4-5-10(7-11(8)14)12(15)6-9(2)13(16)17-3/h4-5,7,9,12,15H,6H2,1-3H3. The minimum atomic E-state index is -0.652. The van der Waals surface area contributed by atoms with E-state index in [1.165, 1.54) is 7.11 Å². The van der Waals surface area contributed by atoms with Gasteiger partial charge in [-0.05, 0) is 30.5 Å². The fourth-order valence-corrected chi connectivity index (χ4v) is 1.98. The number of carbonyl (C=O) groups is 1. The van der Waals surface area contributed by atoms with Crippen LogP contribution in [0, 0.1) is 12.8 Å². The van der Waals surface area contributed by atoms with Gasteiger partial charge in [0.1, 0.15) is 0 Å². The van der Waals surface area contributed by atoms with Crippen molar-refractivity contribution in [3.05, 3.63) is 33.8 Å². The highest BCUT2D eigenvalue weighted by Gasteiger charge is 2.19. The van der Waals surface area contributed by atoms with Crippen LogP contribution in [0.1, 0.15) is 30.6 Å². The van der Waals surface area contributed by atoms with Crippen LogP contribution in [-0.2, 0) is 9.53 Å². The van der Waals surface area contributed by atoms with Crippen molar-refractivity contribution < 1.29 is 14.6 Å². The van der Waals surface area contributed by atoms with Crippen molar-refractivity contribution in [2.45, 2.75) is 26.4 Å². The average molecular weight is 301 g/mol. The molecule has 1 N–H and O–H groups in total. The summed E-state index contributed by atoms with van der Waals surface area (Å²) < 4.78 is 5.59. The number of carbonyl (C=O) groups excluding carboxylic acids is 1. The molecule has 94 valence electrons. The van der Waals surface area contributed by atoms with E-state index in [0.29, 0.717) is 6.42 Å². The number of esters is 1. The highest BCUT2D eigenvalue weighted by atomic mass is 79.9. The zero-order valence-electron chi connectivity index (χ0n) is 10.2. The van der Waals surface area contributed by atoms with Gasteiger partial charge in [-0.1, -0.05) is 35.0 Å². The first-order valence-corrected chi connectivity index (χ1v) is 6.27. The number of aliphatic hydroxyl groups is 1. The fraction of sp³-hybridized carbons (Fsp3) is 0.462. The minimum Gasteiger partial charge on any atom is -0.469 e. The summed E-state index contributed by atoms with van der Waals surface area (Å²) >= 11 is 3.42. The lowest BCUT2D eigenvalue weighted by molar-refractivity contribution is -0.145. The Kier molecular flexibility index (Phi) is 5.15. The molecule has 2 unspecified atom stereocenters. The molecule has 0 fully saturated rings. The van der Waals surface area contributed by atoms with Crippen molar-refractivity contribution in [2.75, 3.05) is 7.11 Å². The van der Waals surface area contributed by atoms with Crippen molar-refractivity contribution >= 4 is 21.9 Å². The quantitative estimate of drug-likeness (QED) is 0.870. The monoisotopic (exact) mass is 300 g/mol. The normalized spacial score (nSPS) is 14.2. The summed E-state index contributed by atoms with van der Waals surface area (Å²) in [6, 6.07) is 5.68. The van der Waals surface area contributed by atoms with Crippen LogP contribution in [0.25, 0.3) is 0 Å². The third-order valence-electron chi connectivity index (χ3n) is 2.76. The number of rotatable bonds is 4. The summed E-state index contributed by atoms with van der Waals surface area (Å²) in [5.41, 5.74) is 1.92. The van der Waals surface area contributed by atoms with Crippen LogP contribution in [0.15, 0.2) is 22.7 Å². The second-order valence-corrected chi connectivity index (χ2v) is 5.04. The minimum absolute atomic E-state index is 0.296. The van der Waals surface area contributed by atoms with E-state index in [2.05, 4.69) is 20.7 Å². The maximum absolute atomic E-state index is 11.3. The van der Waals surface area contributed by atoms with Gasteiger partial charge in [0.05, 0.1) is 19.1 Å². The van der Waals surface area contributed by atoms with Gasteiger partial charge in [-0.15, -0.1) is 0 Å². The van der Waals surface area contributed by atoms with E-state index < -0.39 is 6.10 Å². The lowest BCUT2D eigenvalue weighted by atomic mass is 9.98. The maximum Gasteiger partial charge on any atom is 0.308 e. The summed E-state index contributed by atoms with van der Waals surface area (Å²) in [6.07, 6.45) is -0.289. The summed E-state index contributed by atoms with van der Waals surface area (Å²) in [7, 11) is 1.35. The zero-order valence-corrected chi connectivity index (χ0v) is 11.8. The molecule has 3 nitrogen and oxygen atoms in total. The predicted molar refractivity (Wildman–Crippen MR) is 69.6 cm³/mol. The molecule has 0 heterocycles. The molecule has 0 bridgehead atoms. The smallest absolute Gasteiger partial charge is 0.308 e. The Bertz CT molecular complexity index is 404. The second-order valence-electron chi connectivity index (χ2n) is 4.18. The topological polar surface area (TPSA) is 46.5 Å². The number of methoxy groups -OCH3 is 1. The van der Waals surface area contributed by atoms with Crippen LogP contribution in [0.2, 0.25) is 0 Å². The Morgan fingerprint density at radius 1 is 1.53 bits per heavy atom. The van der Waals surface area contributed by atoms with Gasteiger partial charge in [-0.25, -0.2) is 0 Å². The molecule has 0 aliphatic carbocycles. The molecule has 4 heteroatoms. The number of aryl methyl sites for hydroxylation is 1. The van der Waals surface area contributed by atoms with E-state index in [1.54, 1.807) is 6.92 Å². The highest BCUT2D eigenvalue weighted by molar-refractivity contribution is 9.10.